The van der Waals surface area contributed by atoms with Crippen LogP contribution in [-0.2, 0) is 11.3 Å². The molecule has 0 aromatic heterocycles. The summed E-state index contributed by atoms with van der Waals surface area (Å²) >= 11 is 0. The van der Waals surface area contributed by atoms with Crippen LogP contribution in [0.4, 0.5) is 0 Å². The summed E-state index contributed by atoms with van der Waals surface area (Å²) in [5.41, 5.74) is 6.39. The Kier molecular flexibility index (Phi) is 5.16. The van der Waals surface area contributed by atoms with Gasteiger partial charge in [-0.15, -0.1) is 0 Å². The van der Waals surface area contributed by atoms with Crippen molar-refractivity contribution in [3.05, 3.63) is 35.4 Å². The third-order valence-electron chi connectivity index (χ3n) is 2.26. The van der Waals surface area contributed by atoms with Crippen LogP contribution in [0.15, 0.2) is 24.3 Å². The number of nitrogens with one attached hydrogen (secondary N) is 1. The summed E-state index contributed by atoms with van der Waals surface area (Å²) in [6.07, 6.45) is 0.749. The van der Waals surface area contributed by atoms with Crippen molar-refractivity contribution in [1.29, 1.82) is 0 Å². The highest BCUT2D eigenvalue weighted by Gasteiger charge is 2.03. The average Bonchev–Trinajstić information content (AvgIpc) is 2.34. The van der Waals surface area contributed by atoms with Gasteiger partial charge < -0.3 is 16.2 Å². The molecule has 5 heteroatoms. The predicted molar refractivity (Wildman–Crippen MR) is 63.1 cm³/mol. The Labute approximate surface area is 99.6 Å². The Morgan fingerprint density at radius 3 is 2.76 bits per heavy atom. The molecular formula is C12H16N2O3. The molecular weight excluding hydrogens is 220 g/mol. The minimum atomic E-state index is -0.488. The van der Waals surface area contributed by atoms with Crippen molar-refractivity contribution in [1.82, 2.24) is 5.32 Å². The van der Waals surface area contributed by atoms with Gasteiger partial charge in [0.25, 0.3) is 0 Å². The molecule has 17 heavy (non-hydrogen) atoms. The topological polar surface area (TPSA) is 92.4 Å². The smallest absolute Gasteiger partial charge is 0.248 e. The van der Waals surface area contributed by atoms with E-state index in [1.165, 1.54) is 0 Å². The minimum Gasteiger partial charge on any atom is -0.396 e. The van der Waals surface area contributed by atoms with E-state index in [1.54, 1.807) is 24.3 Å². The van der Waals surface area contributed by atoms with Gasteiger partial charge in [-0.1, -0.05) is 12.1 Å². The molecule has 2 amide bonds. The summed E-state index contributed by atoms with van der Waals surface area (Å²) in [4.78, 5) is 22.2. The van der Waals surface area contributed by atoms with Crippen LogP contribution in [0.1, 0.15) is 28.8 Å². The summed E-state index contributed by atoms with van der Waals surface area (Å²) in [5, 5.41) is 11.3. The van der Waals surface area contributed by atoms with Crippen molar-refractivity contribution < 1.29 is 14.7 Å². The van der Waals surface area contributed by atoms with Gasteiger partial charge in [0.1, 0.15) is 0 Å². The van der Waals surface area contributed by atoms with Crippen LogP contribution in [0.3, 0.4) is 0 Å². The van der Waals surface area contributed by atoms with E-state index in [-0.39, 0.29) is 12.5 Å². The molecule has 0 saturated carbocycles. The number of primary amides is 1. The molecule has 0 spiro atoms. The molecule has 0 unspecified atom stereocenters. The first-order valence-corrected chi connectivity index (χ1v) is 5.40. The molecule has 1 aromatic carbocycles. The Morgan fingerprint density at radius 2 is 2.12 bits per heavy atom. The van der Waals surface area contributed by atoms with Gasteiger partial charge in [-0.05, 0) is 24.1 Å². The van der Waals surface area contributed by atoms with Crippen LogP contribution in [0.25, 0.3) is 0 Å². The largest absolute Gasteiger partial charge is 0.396 e. The van der Waals surface area contributed by atoms with Gasteiger partial charge in [0.2, 0.25) is 11.8 Å². The lowest BCUT2D eigenvalue weighted by molar-refractivity contribution is -0.121. The summed E-state index contributed by atoms with van der Waals surface area (Å²) in [5.74, 6) is -0.609. The molecule has 0 fully saturated rings. The monoisotopic (exact) mass is 236 g/mol. The zero-order valence-electron chi connectivity index (χ0n) is 9.48. The van der Waals surface area contributed by atoms with Gasteiger partial charge in [0.15, 0.2) is 0 Å². The van der Waals surface area contributed by atoms with Gasteiger partial charge in [0.05, 0.1) is 0 Å². The normalized spacial score (nSPS) is 9.94. The lowest BCUT2D eigenvalue weighted by atomic mass is 10.1. The van der Waals surface area contributed by atoms with Gasteiger partial charge in [-0.25, -0.2) is 0 Å². The number of aliphatic hydroxyl groups excluding tert-OH is 1. The lowest BCUT2D eigenvalue weighted by Gasteiger charge is -2.05. The Hall–Kier alpha value is -1.88. The quantitative estimate of drug-likeness (QED) is 0.657. The SMILES string of the molecule is NC(=O)c1cccc(CNC(=O)CCCO)c1. The molecule has 4 N–H and O–H groups in total. The first kappa shape index (κ1) is 13.2. The van der Waals surface area contributed by atoms with E-state index in [4.69, 9.17) is 10.8 Å². The van der Waals surface area contributed by atoms with E-state index < -0.39 is 5.91 Å². The Bertz CT molecular complexity index is 404. The van der Waals surface area contributed by atoms with Crippen LogP contribution < -0.4 is 11.1 Å². The highest BCUT2D eigenvalue weighted by Crippen LogP contribution is 2.04. The molecule has 0 heterocycles. The molecule has 0 atom stereocenters. The highest BCUT2D eigenvalue weighted by molar-refractivity contribution is 5.92. The second-order valence-electron chi connectivity index (χ2n) is 3.67. The van der Waals surface area contributed by atoms with E-state index in [9.17, 15) is 9.59 Å². The molecule has 0 bridgehead atoms. The summed E-state index contributed by atoms with van der Waals surface area (Å²) in [6.45, 7) is 0.357. The van der Waals surface area contributed by atoms with Gasteiger partial charge in [-0.2, -0.15) is 0 Å². The van der Waals surface area contributed by atoms with Gasteiger partial charge in [0, 0.05) is 25.1 Å². The van der Waals surface area contributed by atoms with Crippen molar-refractivity contribution in [3.8, 4) is 0 Å². The zero-order valence-corrected chi connectivity index (χ0v) is 9.48. The van der Waals surface area contributed by atoms with Crippen molar-refractivity contribution >= 4 is 11.8 Å². The zero-order chi connectivity index (χ0) is 12.7. The van der Waals surface area contributed by atoms with Crippen molar-refractivity contribution in [2.75, 3.05) is 6.61 Å². The number of hydrogen-bond donors (Lipinski definition) is 3. The minimum absolute atomic E-state index is 0.00454. The summed E-state index contributed by atoms with van der Waals surface area (Å²) in [6, 6.07) is 6.79. The van der Waals surface area contributed by atoms with Crippen molar-refractivity contribution in [2.24, 2.45) is 5.73 Å². The van der Waals surface area contributed by atoms with Crippen LogP contribution >= 0.6 is 0 Å². The number of carbonyl (C=O) groups excluding carboxylic acids is 2. The Morgan fingerprint density at radius 1 is 1.35 bits per heavy atom. The van der Waals surface area contributed by atoms with Crippen LogP contribution in [0.5, 0.6) is 0 Å². The molecule has 0 radical (unpaired) electrons. The molecule has 0 saturated heterocycles. The molecule has 5 nitrogen and oxygen atoms in total. The standard InChI is InChI=1S/C12H16N2O3/c13-12(17)10-4-1-3-9(7-10)8-14-11(16)5-2-6-15/h1,3-4,7,15H,2,5-6,8H2,(H2,13,17)(H,14,16). The second kappa shape index (κ2) is 6.65. The van der Waals surface area contributed by atoms with E-state index in [2.05, 4.69) is 5.32 Å². The second-order valence-corrected chi connectivity index (χ2v) is 3.67. The molecule has 92 valence electrons. The van der Waals surface area contributed by atoms with Gasteiger partial charge >= 0.3 is 0 Å². The number of hydrogen-bond acceptors (Lipinski definition) is 3. The molecule has 0 aliphatic heterocycles. The van der Waals surface area contributed by atoms with E-state index >= 15 is 0 Å². The average molecular weight is 236 g/mol. The van der Waals surface area contributed by atoms with E-state index in [0.717, 1.165) is 5.56 Å². The number of rotatable bonds is 6. The first-order chi connectivity index (χ1) is 8.13. The van der Waals surface area contributed by atoms with Crippen LogP contribution in [-0.4, -0.2) is 23.5 Å². The summed E-state index contributed by atoms with van der Waals surface area (Å²) < 4.78 is 0. The fraction of sp³-hybridized carbons (Fsp3) is 0.333. The fourth-order valence-corrected chi connectivity index (χ4v) is 1.36. The third kappa shape index (κ3) is 4.65. The maximum absolute atomic E-state index is 11.3. The molecule has 0 aliphatic carbocycles. The molecule has 0 aliphatic rings. The number of nitrogens with two attached hydrogens (primary N) is 1. The molecule has 1 rings (SSSR count). The maximum Gasteiger partial charge on any atom is 0.248 e. The van der Waals surface area contributed by atoms with E-state index in [0.29, 0.717) is 24.9 Å². The number of aliphatic hydroxyl groups is 1. The number of carbonyl (C=O) groups is 2. The summed E-state index contributed by atoms with van der Waals surface area (Å²) in [7, 11) is 0. The fourth-order valence-electron chi connectivity index (χ4n) is 1.36. The van der Waals surface area contributed by atoms with E-state index in [1.807, 2.05) is 0 Å². The number of benzene rings is 1. The predicted octanol–water partition coefficient (Wildman–Crippen LogP) is 0.174. The molecule has 1 aromatic rings. The third-order valence-corrected chi connectivity index (χ3v) is 2.26. The number of amides is 2. The maximum atomic E-state index is 11.3. The van der Waals surface area contributed by atoms with Crippen molar-refractivity contribution in [3.63, 3.8) is 0 Å². The highest BCUT2D eigenvalue weighted by atomic mass is 16.3. The van der Waals surface area contributed by atoms with Crippen LogP contribution in [0.2, 0.25) is 0 Å². The van der Waals surface area contributed by atoms with Gasteiger partial charge in [-0.3, -0.25) is 9.59 Å². The lowest BCUT2D eigenvalue weighted by Crippen LogP contribution is -2.23. The van der Waals surface area contributed by atoms with Crippen molar-refractivity contribution in [2.45, 2.75) is 19.4 Å². The Balaban J connectivity index is 2.49. The first-order valence-electron chi connectivity index (χ1n) is 5.40. The van der Waals surface area contributed by atoms with Crippen LogP contribution in [0, 0.1) is 0 Å².